The van der Waals surface area contributed by atoms with Crippen molar-refractivity contribution in [2.45, 2.75) is 0 Å². The maximum absolute atomic E-state index is 11.1. The molecule has 1 heterocycles. The van der Waals surface area contributed by atoms with Crippen molar-refractivity contribution >= 4 is 5.97 Å². The van der Waals surface area contributed by atoms with Crippen LogP contribution in [0.25, 0.3) is 22.4 Å². The van der Waals surface area contributed by atoms with Crippen molar-refractivity contribution in [2.75, 3.05) is 0 Å². The minimum absolute atomic E-state index is 0.102. The van der Waals surface area contributed by atoms with Gasteiger partial charge in [-0.2, -0.15) is 10.4 Å². The van der Waals surface area contributed by atoms with Gasteiger partial charge in [0.2, 0.25) is 0 Å². The van der Waals surface area contributed by atoms with E-state index in [0.29, 0.717) is 16.8 Å². The fourth-order valence-corrected chi connectivity index (χ4v) is 2.47. The van der Waals surface area contributed by atoms with Crippen LogP contribution in [-0.2, 0) is 7.05 Å². The third-order valence-corrected chi connectivity index (χ3v) is 3.62. The van der Waals surface area contributed by atoms with Crippen LogP contribution in [0.15, 0.2) is 54.6 Å². The first-order chi connectivity index (χ1) is 11.1. The van der Waals surface area contributed by atoms with Crippen LogP contribution in [-0.4, -0.2) is 20.9 Å². The summed E-state index contributed by atoms with van der Waals surface area (Å²) < 4.78 is 1.31. The summed E-state index contributed by atoms with van der Waals surface area (Å²) >= 11 is 0. The number of hydrogen-bond acceptors (Lipinski definition) is 3. The van der Waals surface area contributed by atoms with Gasteiger partial charge in [0.05, 0.1) is 17.3 Å². The lowest BCUT2D eigenvalue weighted by molar-refractivity contribution is 0.0685. The molecule has 0 radical (unpaired) electrons. The van der Waals surface area contributed by atoms with Gasteiger partial charge in [-0.3, -0.25) is 4.68 Å². The molecule has 1 N–H and O–H groups in total. The van der Waals surface area contributed by atoms with E-state index in [4.69, 9.17) is 5.11 Å². The first-order valence-corrected chi connectivity index (χ1v) is 6.97. The molecule has 5 heteroatoms. The van der Waals surface area contributed by atoms with Crippen LogP contribution in [0.2, 0.25) is 0 Å². The summed E-state index contributed by atoms with van der Waals surface area (Å²) in [7, 11) is 1.58. The highest BCUT2D eigenvalue weighted by molar-refractivity contribution is 5.87. The summed E-state index contributed by atoms with van der Waals surface area (Å²) in [4.78, 5) is 11.1. The molecule has 5 nitrogen and oxygen atoms in total. The number of nitrogens with zero attached hydrogens (tertiary/aromatic N) is 3. The highest BCUT2D eigenvalue weighted by atomic mass is 16.4. The van der Waals surface area contributed by atoms with E-state index in [0.717, 1.165) is 11.1 Å². The van der Waals surface area contributed by atoms with E-state index in [9.17, 15) is 10.1 Å². The Morgan fingerprint density at radius 3 is 2.48 bits per heavy atom. The third kappa shape index (κ3) is 2.70. The van der Waals surface area contributed by atoms with Crippen molar-refractivity contribution < 1.29 is 9.90 Å². The number of carboxylic acids is 1. The van der Waals surface area contributed by atoms with E-state index in [-0.39, 0.29) is 5.69 Å². The van der Waals surface area contributed by atoms with E-state index in [1.807, 2.05) is 42.5 Å². The maximum atomic E-state index is 11.1. The van der Waals surface area contributed by atoms with E-state index in [1.54, 1.807) is 13.1 Å². The van der Waals surface area contributed by atoms with Crippen molar-refractivity contribution in [1.82, 2.24) is 9.78 Å². The zero-order valence-corrected chi connectivity index (χ0v) is 12.4. The number of carbonyl (C=O) groups is 1. The Morgan fingerprint density at radius 1 is 1.13 bits per heavy atom. The van der Waals surface area contributed by atoms with Crippen molar-refractivity contribution in [2.24, 2.45) is 7.05 Å². The second-order valence-electron chi connectivity index (χ2n) is 5.08. The molecule has 1 aromatic heterocycles. The van der Waals surface area contributed by atoms with Crippen LogP contribution in [0, 0.1) is 11.3 Å². The molecular weight excluding hydrogens is 290 g/mol. The Bertz CT molecular complexity index is 921. The molecule has 112 valence electrons. The summed E-state index contributed by atoms with van der Waals surface area (Å²) in [6.45, 7) is 0. The van der Waals surface area contributed by atoms with E-state index < -0.39 is 5.97 Å². The molecule has 0 fully saturated rings. The molecule has 2 aromatic carbocycles. The molecule has 0 aliphatic carbocycles. The molecule has 0 saturated carbocycles. The van der Waals surface area contributed by atoms with Gasteiger partial charge >= 0.3 is 5.97 Å². The van der Waals surface area contributed by atoms with Gasteiger partial charge in [0, 0.05) is 12.6 Å². The lowest BCUT2D eigenvalue weighted by Gasteiger charge is -2.06. The minimum atomic E-state index is -1.03. The number of benzene rings is 2. The predicted octanol–water partition coefficient (Wildman–Crippen LogP) is 3.32. The Hall–Kier alpha value is -3.39. The van der Waals surface area contributed by atoms with Crippen LogP contribution in [0.5, 0.6) is 0 Å². The number of nitriles is 1. The number of aryl methyl sites for hydroxylation is 1. The smallest absolute Gasteiger partial charge is 0.354 e. The number of hydrogen-bond donors (Lipinski definition) is 1. The van der Waals surface area contributed by atoms with Crippen LogP contribution >= 0.6 is 0 Å². The maximum Gasteiger partial charge on any atom is 0.354 e. The van der Waals surface area contributed by atoms with Crippen molar-refractivity contribution in [3.05, 3.63) is 65.9 Å². The van der Waals surface area contributed by atoms with Gasteiger partial charge in [-0.1, -0.05) is 42.5 Å². The van der Waals surface area contributed by atoms with Gasteiger partial charge < -0.3 is 5.11 Å². The Morgan fingerprint density at radius 2 is 1.87 bits per heavy atom. The monoisotopic (exact) mass is 303 g/mol. The average Bonchev–Trinajstić information content (AvgIpc) is 2.97. The molecule has 0 aliphatic heterocycles. The summed E-state index contributed by atoms with van der Waals surface area (Å²) in [6.07, 6.45) is 0. The molecule has 0 aliphatic rings. The molecule has 0 spiro atoms. The fourth-order valence-electron chi connectivity index (χ4n) is 2.47. The third-order valence-electron chi connectivity index (χ3n) is 3.62. The van der Waals surface area contributed by atoms with E-state index >= 15 is 0 Å². The molecule has 23 heavy (non-hydrogen) atoms. The van der Waals surface area contributed by atoms with E-state index in [1.165, 1.54) is 10.7 Å². The Kier molecular flexibility index (Phi) is 3.65. The molecule has 0 amide bonds. The molecule has 0 unspecified atom stereocenters. The van der Waals surface area contributed by atoms with Crippen molar-refractivity contribution in [1.29, 1.82) is 5.26 Å². The second-order valence-corrected chi connectivity index (χ2v) is 5.08. The summed E-state index contributed by atoms with van der Waals surface area (Å²) in [6, 6.07) is 18.8. The highest BCUT2D eigenvalue weighted by Gasteiger charge is 2.14. The van der Waals surface area contributed by atoms with Crippen molar-refractivity contribution in [3.63, 3.8) is 0 Å². The van der Waals surface area contributed by atoms with Crippen molar-refractivity contribution in [3.8, 4) is 28.5 Å². The molecule has 0 atom stereocenters. The lowest BCUT2D eigenvalue weighted by atomic mass is 9.97. The van der Waals surface area contributed by atoms with Crippen LogP contribution in [0.1, 0.15) is 16.1 Å². The first kappa shape index (κ1) is 14.5. The first-order valence-electron chi connectivity index (χ1n) is 6.97. The molecule has 0 saturated heterocycles. The van der Waals surface area contributed by atoms with Crippen LogP contribution in [0.3, 0.4) is 0 Å². The number of rotatable bonds is 3. The second kappa shape index (κ2) is 5.78. The van der Waals surface area contributed by atoms with Gasteiger partial charge in [-0.25, -0.2) is 4.79 Å². The standard InChI is InChI=1S/C18H13N3O2/c1-21-17(18(22)23)10-16(20-21)13-7-8-15(14(9-13)11-19)12-5-3-2-4-6-12/h2-10H,1H3,(H,22,23). The molecule has 3 aromatic rings. The normalized spacial score (nSPS) is 10.3. The number of aromatic nitrogens is 2. The zero-order valence-electron chi connectivity index (χ0n) is 12.4. The quantitative estimate of drug-likeness (QED) is 0.805. The number of aromatic carboxylic acids is 1. The highest BCUT2D eigenvalue weighted by Crippen LogP contribution is 2.28. The van der Waals surface area contributed by atoms with Crippen LogP contribution < -0.4 is 0 Å². The van der Waals surface area contributed by atoms with Gasteiger partial charge in [0.25, 0.3) is 0 Å². The summed E-state index contributed by atoms with van der Waals surface area (Å²) in [5.41, 5.74) is 3.67. The zero-order chi connectivity index (χ0) is 16.4. The van der Waals surface area contributed by atoms with Gasteiger partial charge in [0.15, 0.2) is 0 Å². The summed E-state index contributed by atoms with van der Waals surface area (Å²) in [5.74, 6) is -1.03. The largest absolute Gasteiger partial charge is 0.477 e. The minimum Gasteiger partial charge on any atom is -0.477 e. The SMILES string of the molecule is Cn1nc(-c2ccc(-c3ccccc3)c(C#N)c2)cc1C(=O)O. The van der Waals surface area contributed by atoms with E-state index in [2.05, 4.69) is 11.2 Å². The van der Waals surface area contributed by atoms with Gasteiger partial charge in [-0.15, -0.1) is 0 Å². The Balaban J connectivity index is 2.08. The molecule has 0 bridgehead atoms. The Labute approximate surface area is 133 Å². The average molecular weight is 303 g/mol. The molecular formula is C18H13N3O2. The van der Waals surface area contributed by atoms with Gasteiger partial charge in [-0.05, 0) is 23.3 Å². The topological polar surface area (TPSA) is 78.9 Å². The summed E-state index contributed by atoms with van der Waals surface area (Å²) in [5, 5.41) is 22.7. The fraction of sp³-hybridized carbons (Fsp3) is 0.0556. The van der Waals surface area contributed by atoms with Gasteiger partial charge in [0.1, 0.15) is 5.69 Å². The number of carboxylic acid groups (broad SMARTS) is 1. The van der Waals surface area contributed by atoms with Crippen LogP contribution in [0.4, 0.5) is 0 Å². The lowest BCUT2D eigenvalue weighted by Crippen LogP contribution is -2.04. The molecule has 3 rings (SSSR count). The predicted molar refractivity (Wildman–Crippen MR) is 85.8 cm³/mol.